The average Bonchev–Trinajstić information content (AvgIpc) is 2.13. The van der Waals surface area contributed by atoms with Gasteiger partial charge in [-0.25, -0.2) is 0 Å². The van der Waals surface area contributed by atoms with Crippen LogP contribution in [0.15, 0.2) is 0 Å². The summed E-state index contributed by atoms with van der Waals surface area (Å²) in [5, 5.41) is 0. The monoisotopic (exact) mass is 363 g/mol. The Bertz CT molecular complexity index is 361. The molecule has 0 saturated carbocycles. The average molecular weight is 363 g/mol. The van der Waals surface area contributed by atoms with Crippen LogP contribution in [-0.4, -0.2) is 35.5 Å². The van der Waals surface area contributed by atoms with Gasteiger partial charge in [0.2, 0.25) is 11.6 Å². The largest absolute Gasteiger partial charge is 0.450 e. The van der Waals surface area contributed by atoms with Gasteiger partial charge in [0.05, 0.1) is 12.8 Å². The molecule has 0 rings (SSSR count). The van der Waals surface area contributed by atoms with Gasteiger partial charge in [-0.15, -0.1) is 0 Å². The van der Waals surface area contributed by atoms with Gasteiger partial charge in [-0.3, -0.25) is 19.2 Å². The SMILES string of the molecule is CC(=O)CC(=O)C(F)(F)F.CC(=O)CC(=O)C(F)(F)F.[Mn]. The molecule has 1 radical (unpaired) electrons. The van der Waals surface area contributed by atoms with Gasteiger partial charge >= 0.3 is 12.4 Å². The third-order valence-electron chi connectivity index (χ3n) is 1.45. The van der Waals surface area contributed by atoms with Crippen molar-refractivity contribution < 1.29 is 62.6 Å². The Labute approximate surface area is 125 Å². The van der Waals surface area contributed by atoms with E-state index in [2.05, 4.69) is 0 Å². The molecule has 21 heavy (non-hydrogen) atoms. The van der Waals surface area contributed by atoms with E-state index >= 15 is 0 Å². The maximum Gasteiger partial charge on any atom is 0.450 e. The summed E-state index contributed by atoms with van der Waals surface area (Å²) in [7, 11) is 0. The molecular weight excluding hydrogens is 353 g/mol. The molecule has 0 aromatic heterocycles. The van der Waals surface area contributed by atoms with Crippen LogP contribution in [0.3, 0.4) is 0 Å². The Morgan fingerprint density at radius 3 is 0.905 bits per heavy atom. The zero-order valence-electron chi connectivity index (χ0n) is 10.7. The van der Waals surface area contributed by atoms with Crippen molar-refractivity contribution in [1.82, 2.24) is 0 Å². The first-order chi connectivity index (χ1) is 8.67. The molecule has 0 saturated heterocycles. The first-order valence-corrected chi connectivity index (χ1v) is 4.86. The maximum atomic E-state index is 11.3. The minimum absolute atomic E-state index is 0. The fraction of sp³-hybridized carbons (Fsp3) is 0.600. The molecule has 0 amide bonds. The summed E-state index contributed by atoms with van der Waals surface area (Å²) in [6, 6.07) is 0. The van der Waals surface area contributed by atoms with Crippen molar-refractivity contribution in [2.24, 2.45) is 0 Å². The number of alkyl halides is 6. The molecule has 0 atom stereocenters. The summed E-state index contributed by atoms with van der Waals surface area (Å²) in [5.74, 6) is -5.52. The van der Waals surface area contributed by atoms with Crippen LogP contribution in [-0.2, 0) is 36.2 Å². The van der Waals surface area contributed by atoms with Crippen LogP contribution < -0.4 is 0 Å². The van der Waals surface area contributed by atoms with Gasteiger partial charge in [0.1, 0.15) is 11.6 Å². The second-order valence-corrected chi connectivity index (χ2v) is 3.60. The molecule has 0 spiro atoms. The van der Waals surface area contributed by atoms with Crippen molar-refractivity contribution in [1.29, 1.82) is 0 Å². The fourth-order valence-electron chi connectivity index (χ4n) is 0.653. The standard InChI is InChI=1S/2C5H5F3O2.Mn/c2*1-3(9)2-4(10)5(6,7)8;/h2*2H2,1H3;. The predicted octanol–water partition coefficient (Wildman–Crippen LogP) is 2.19. The van der Waals surface area contributed by atoms with E-state index in [9.17, 15) is 45.5 Å². The van der Waals surface area contributed by atoms with Crippen molar-refractivity contribution >= 4 is 23.1 Å². The van der Waals surface area contributed by atoms with E-state index in [1.165, 1.54) is 0 Å². The molecule has 0 aromatic rings. The topological polar surface area (TPSA) is 68.3 Å². The number of carbonyl (C=O) groups excluding carboxylic acids is 4. The maximum absolute atomic E-state index is 11.3. The molecule has 0 aliphatic rings. The molecule has 0 heterocycles. The van der Waals surface area contributed by atoms with Crippen LogP contribution in [0.25, 0.3) is 0 Å². The number of halogens is 6. The molecule has 0 aromatic carbocycles. The molecule has 0 unspecified atom stereocenters. The second-order valence-electron chi connectivity index (χ2n) is 3.60. The van der Waals surface area contributed by atoms with Crippen LogP contribution >= 0.6 is 0 Å². The van der Waals surface area contributed by atoms with E-state index in [1.54, 1.807) is 0 Å². The predicted molar refractivity (Wildman–Crippen MR) is 52.7 cm³/mol. The van der Waals surface area contributed by atoms with Gasteiger partial charge in [-0.1, -0.05) is 0 Å². The number of hydrogen-bond acceptors (Lipinski definition) is 4. The van der Waals surface area contributed by atoms with E-state index in [0.29, 0.717) is 0 Å². The minimum atomic E-state index is -4.87. The van der Waals surface area contributed by atoms with Gasteiger partial charge in [0.25, 0.3) is 0 Å². The van der Waals surface area contributed by atoms with E-state index in [0.717, 1.165) is 13.8 Å². The van der Waals surface area contributed by atoms with Gasteiger partial charge in [0, 0.05) is 17.1 Å². The summed E-state index contributed by atoms with van der Waals surface area (Å²) < 4.78 is 67.8. The summed E-state index contributed by atoms with van der Waals surface area (Å²) in [6.07, 6.45) is -11.8. The molecule has 4 nitrogen and oxygen atoms in total. The molecule has 0 fully saturated rings. The minimum Gasteiger partial charge on any atom is -0.300 e. The molecule has 0 N–H and O–H groups in total. The molecule has 0 bridgehead atoms. The molecule has 0 aliphatic heterocycles. The Morgan fingerprint density at radius 1 is 0.667 bits per heavy atom. The van der Waals surface area contributed by atoms with Crippen LogP contribution in [0.4, 0.5) is 26.3 Å². The van der Waals surface area contributed by atoms with Crippen LogP contribution in [0.2, 0.25) is 0 Å². The second kappa shape index (κ2) is 9.67. The number of rotatable bonds is 4. The summed E-state index contributed by atoms with van der Waals surface area (Å²) in [5.41, 5.74) is 0. The van der Waals surface area contributed by atoms with E-state index in [-0.39, 0.29) is 17.1 Å². The molecule has 0 aliphatic carbocycles. The Hall–Kier alpha value is -1.22. The van der Waals surface area contributed by atoms with Crippen molar-refractivity contribution in [2.45, 2.75) is 39.0 Å². The van der Waals surface area contributed by atoms with Crippen LogP contribution in [0, 0.1) is 0 Å². The van der Waals surface area contributed by atoms with Crippen molar-refractivity contribution in [3.63, 3.8) is 0 Å². The quantitative estimate of drug-likeness (QED) is 0.436. The molecule has 11 heteroatoms. The Morgan fingerprint density at radius 2 is 0.857 bits per heavy atom. The van der Waals surface area contributed by atoms with Gasteiger partial charge in [-0.2, -0.15) is 26.3 Å². The van der Waals surface area contributed by atoms with E-state index in [1.807, 2.05) is 0 Å². The molecular formula is C10H10F6MnO4. The van der Waals surface area contributed by atoms with Crippen molar-refractivity contribution in [3.8, 4) is 0 Å². The third kappa shape index (κ3) is 15.0. The summed E-state index contributed by atoms with van der Waals surface area (Å²) in [6.45, 7) is 1.87. The number of Topliss-reactive ketones (excluding diaryl/α,β-unsaturated/α-hetero) is 4. The zero-order valence-corrected chi connectivity index (χ0v) is 11.9. The Balaban J connectivity index is -0.000000295. The van der Waals surface area contributed by atoms with Crippen LogP contribution in [0.5, 0.6) is 0 Å². The van der Waals surface area contributed by atoms with Crippen molar-refractivity contribution in [3.05, 3.63) is 0 Å². The fourth-order valence-corrected chi connectivity index (χ4v) is 0.653. The van der Waals surface area contributed by atoms with Crippen LogP contribution in [0.1, 0.15) is 26.7 Å². The summed E-state index contributed by atoms with van der Waals surface area (Å²) >= 11 is 0. The summed E-state index contributed by atoms with van der Waals surface area (Å²) in [4.78, 5) is 39.8. The molecule has 123 valence electrons. The number of ketones is 4. The zero-order chi connectivity index (χ0) is 16.7. The van der Waals surface area contributed by atoms with E-state index < -0.39 is 48.3 Å². The normalized spacial score (nSPS) is 10.7. The first-order valence-electron chi connectivity index (χ1n) is 4.86. The van der Waals surface area contributed by atoms with Crippen molar-refractivity contribution in [2.75, 3.05) is 0 Å². The smallest absolute Gasteiger partial charge is 0.300 e. The Kier molecular flexibility index (Phi) is 11.4. The number of carbonyl (C=O) groups is 4. The third-order valence-corrected chi connectivity index (χ3v) is 1.45. The first kappa shape index (κ1) is 24.8. The van der Waals surface area contributed by atoms with E-state index in [4.69, 9.17) is 0 Å². The van der Waals surface area contributed by atoms with Gasteiger partial charge in [-0.05, 0) is 13.8 Å². The van der Waals surface area contributed by atoms with Gasteiger partial charge < -0.3 is 0 Å². The number of hydrogen-bond donors (Lipinski definition) is 0. The van der Waals surface area contributed by atoms with Gasteiger partial charge in [0.15, 0.2) is 0 Å².